The third-order valence-corrected chi connectivity index (χ3v) is 6.47. The topological polar surface area (TPSA) is 92.5 Å². The fourth-order valence-corrected chi connectivity index (χ4v) is 4.80. The van der Waals surface area contributed by atoms with E-state index in [9.17, 15) is 14.4 Å². The molecule has 3 amide bonds. The van der Waals surface area contributed by atoms with Gasteiger partial charge in [0.15, 0.2) is 0 Å². The Balaban J connectivity index is 1.47. The van der Waals surface area contributed by atoms with E-state index in [2.05, 4.69) is 5.32 Å². The Labute approximate surface area is 182 Å². The molecule has 1 saturated heterocycles. The molecule has 2 aromatic rings. The number of hydrogen-bond acceptors (Lipinski definition) is 3. The van der Waals surface area contributed by atoms with E-state index in [1.807, 2.05) is 47.4 Å². The van der Waals surface area contributed by atoms with Gasteiger partial charge in [0.25, 0.3) is 0 Å². The van der Waals surface area contributed by atoms with Crippen LogP contribution in [0.2, 0.25) is 0 Å². The Bertz CT molecular complexity index is 970. The monoisotopic (exact) mass is 419 g/mol. The molecular weight excluding hydrogens is 390 g/mol. The summed E-state index contributed by atoms with van der Waals surface area (Å²) in [4.78, 5) is 38.7. The lowest BCUT2D eigenvalue weighted by molar-refractivity contribution is -0.121. The maximum absolute atomic E-state index is 13.1. The van der Waals surface area contributed by atoms with Crippen LogP contribution in [0.4, 0.5) is 11.4 Å². The summed E-state index contributed by atoms with van der Waals surface area (Å²) in [6.07, 6.45) is 6.37. The highest BCUT2D eigenvalue weighted by Gasteiger charge is 2.32. The molecular formula is C25H29N3O3. The van der Waals surface area contributed by atoms with Gasteiger partial charge in [-0.3, -0.25) is 14.4 Å². The summed E-state index contributed by atoms with van der Waals surface area (Å²) < 4.78 is 0. The molecule has 2 aromatic carbocycles. The first-order chi connectivity index (χ1) is 15.0. The number of carbonyl (C=O) groups excluding carboxylic acids is 3. The van der Waals surface area contributed by atoms with Gasteiger partial charge in [0.2, 0.25) is 17.7 Å². The molecule has 2 fully saturated rings. The average molecular weight is 420 g/mol. The van der Waals surface area contributed by atoms with E-state index >= 15 is 0 Å². The molecule has 1 aliphatic carbocycles. The minimum absolute atomic E-state index is 0.00373. The Morgan fingerprint density at radius 2 is 1.74 bits per heavy atom. The van der Waals surface area contributed by atoms with Crippen LogP contribution in [0.3, 0.4) is 0 Å². The predicted octanol–water partition coefficient (Wildman–Crippen LogP) is 4.21. The van der Waals surface area contributed by atoms with Gasteiger partial charge in [0, 0.05) is 35.8 Å². The highest BCUT2D eigenvalue weighted by molar-refractivity contribution is 5.96. The molecule has 0 radical (unpaired) electrons. The van der Waals surface area contributed by atoms with Crippen LogP contribution in [0.5, 0.6) is 0 Å². The van der Waals surface area contributed by atoms with Gasteiger partial charge in [0.1, 0.15) is 0 Å². The van der Waals surface area contributed by atoms with Gasteiger partial charge in [-0.25, -0.2) is 0 Å². The molecule has 0 spiro atoms. The predicted molar refractivity (Wildman–Crippen MR) is 121 cm³/mol. The molecule has 0 bridgehead atoms. The van der Waals surface area contributed by atoms with Gasteiger partial charge in [-0.05, 0) is 73.6 Å². The Hall–Kier alpha value is -3.15. The van der Waals surface area contributed by atoms with Crippen molar-refractivity contribution >= 4 is 29.1 Å². The maximum atomic E-state index is 13.1. The van der Waals surface area contributed by atoms with Crippen LogP contribution in [0, 0.1) is 5.92 Å². The number of nitrogens with zero attached hydrogens (tertiary/aromatic N) is 1. The third-order valence-electron chi connectivity index (χ3n) is 6.47. The second kappa shape index (κ2) is 9.33. The van der Waals surface area contributed by atoms with Crippen molar-refractivity contribution in [2.24, 2.45) is 11.7 Å². The van der Waals surface area contributed by atoms with E-state index in [4.69, 9.17) is 5.73 Å². The summed E-state index contributed by atoms with van der Waals surface area (Å²) >= 11 is 0. The lowest BCUT2D eigenvalue weighted by Gasteiger charge is -2.31. The Morgan fingerprint density at radius 1 is 0.968 bits per heavy atom. The van der Waals surface area contributed by atoms with E-state index < -0.39 is 5.91 Å². The normalized spacial score (nSPS) is 21.5. The SMILES string of the molecule is NC(=O)c1cccc(C2CCCCC2C(=O)Nc2ccc(N3CCCCC3=O)cc2)c1. The highest BCUT2D eigenvalue weighted by Crippen LogP contribution is 2.39. The number of nitrogens with two attached hydrogens (primary N) is 1. The summed E-state index contributed by atoms with van der Waals surface area (Å²) in [5, 5.41) is 3.06. The van der Waals surface area contributed by atoms with Crippen LogP contribution in [-0.2, 0) is 9.59 Å². The molecule has 2 unspecified atom stereocenters. The zero-order valence-corrected chi connectivity index (χ0v) is 17.7. The largest absolute Gasteiger partial charge is 0.366 e. The van der Waals surface area contributed by atoms with E-state index in [1.54, 1.807) is 6.07 Å². The smallest absolute Gasteiger partial charge is 0.248 e. The average Bonchev–Trinajstić information content (AvgIpc) is 2.80. The van der Waals surface area contributed by atoms with Gasteiger partial charge in [-0.2, -0.15) is 0 Å². The molecule has 2 atom stereocenters. The van der Waals surface area contributed by atoms with Gasteiger partial charge in [0.05, 0.1) is 0 Å². The van der Waals surface area contributed by atoms with Crippen molar-refractivity contribution < 1.29 is 14.4 Å². The summed E-state index contributed by atoms with van der Waals surface area (Å²) in [6, 6.07) is 14.9. The number of nitrogens with one attached hydrogen (secondary N) is 1. The quantitative estimate of drug-likeness (QED) is 0.760. The van der Waals surface area contributed by atoms with Crippen molar-refractivity contribution in [2.75, 3.05) is 16.8 Å². The van der Waals surface area contributed by atoms with Crippen LogP contribution in [0.15, 0.2) is 48.5 Å². The van der Waals surface area contributed by atoms with E-state index in [-0.39, 0.29) is 23.7 Å². The van der Waals surface area contributed by atoms with Crippen molar-refractivity contribution in [1.29, 1.82) is 0 Å². The second-order valence-corrected chi connectivity index (χ2v) is 8.53. The van der Waals surface area contributed by atoms with Gasteiger partial charge in [-0.15, -0.1) is 0 Å². The van der Waals surface area contributed by atoms with Crippen LogP contribution >= 0.6 is 0 Å². The van der Waals surface area contributed by atoms with Crippen molar-refractivity contribution in [3.63, 3.8) is 0 Å². The van der Waals surface area contributed by atoms with Crippen LogP contribution in [-0.4, -0.2) is 24.3 Å². The van der Waals surface area contributed by atoms with E-state index in [0.717, 1.165) is 62.0 Å². The molecule has 2 aliphatic rings. The first-order valence-corrected chi connectivity index (χ1v) is 11.1. The minimum atomic E-state index is -0.453. The summed E-state index contributed by atoms with van der Waals surface area (Å²) in [6.45, 7) is 0.749. The van der Waals surface area contributed by atoms with Gasteiger partial charge >= 0.3 is 0 Å². The van der Waals surface area contributed by atoms with E-state index in [0.29, 0.717) is 12.0 Å². The summed E-state index contributed by atoms with van der Waals surface area (Å²) in [7, 11) is 0. The second-order valence-electron chi connectivity index (χ2n) is 8.53. The molecule has 162 valence electrons. The van der Waals surface area contributed by atoms with Crippen LogP contribution in [0.25, 0.3) is 0 Å². The maximum Gasteiger partial charge on any atom is 0.248 e. The number of amides is 3. The number of primary amides is 1. The highest BCUT2D eigenvalue weighted by atomic mass is 16.2. The van der Waals surface area contributed by atoms with Gasteiger partial charge < -0.3 is 16.0 Å². The minimum Gasteiger partial charge on any atom is -0.366 e. The standard InChI is InChI=1S/C25H29N3O3/c26-24(30)18-7-5-6-17(16-18)21-8-1-2-9-22(21)25(31)27-19-11-13-20(14-12-19)28-15-4-3-10-23(28)29/h5-7,11-14,16,21-22H,1-4,8-10,15H2,(H2,26,30)(H,27,31). The van der Waals surface area contributed by atoms with Gasteiger partial charge in [-0.1, -0.05) is 25.0 Å². The van der Waals surface area contributed by atoms with Crippen molar-refractivity contribution in [2.45, 2.75) is 50.9 Å². The van der Waals surface area contributed by atoms with E-state index in [1.165, 1.54) is 0 Å². The molecule has 0 aromatic heterocycles. The lowest BCUT2D eigenvalue weighted by Crippen LogP contribution is -2.35. The molecule has 4 rings (SSSR count). The van der Waals surface area contributed by atoms with Crippen molar-refractivity contribution in [3.8, 4) is 0 Å². The molecule has 1 heterocycles. The fraction of sp³-hybridized carbons (Fsp3) is 0.400. The molecule has 1 aliphatic heterocycles. The summed E-state index contributed by atoms with van der Waals surface area (Å²) in [5.74, 6) is -0.383. The fourth-order valence-electron chi connectivity index (χ4n) is 4.80. The first-order valence-electron chi connectivity index (χ1n) is 11.1. The zero-order chi connectivity index (χ0) is 21.8. The van der Waals surface area contributed by atoms with Crippen molar-refractivity contribution in [3.05, 3.63) is 59.7 Å². The van der Waals surface area contributed by atoms with Crippen LogP contribution in [0.1, 0.15) is 66.8 Å². The number of carbonyl (C=O) groups is 3. The number of rotatable bonds is 5. The molecule has 6 heteroatoms. The molecule has 31 heavy (non-hydrogen) atoms. The number of piperidine rings is 1. The summed E-state index contributed by atoms with van der Waals surface area (Å²) in [5.41, 5.74) is 8.52. The first kappa shape index (κ1) is 21.1. The molecule has 3 N–H and O–H groups in total. The molecule has 1 saturated carbocycles. The van der Waals surface area contributed by atoms with Crippen LogP contribution < -0.4 is 16.0 Å². The Morgan fingerprint density at radius 3 is 2.48 bits per heavy atom. The number of hydrogen-bond donors (Lipinski definition) is 2. The lowest BCUT2D eigenvalue weighted by atomic mass is 9.74. The molecule has 6 nitrogen and oxygen atoms in total. The zero-order valence-electron chi connectivity index (χ0n) is 17.7. The number of anilines is 2. The Kier molecular flexibility index (Phi) is 6.35. The number of benzene rings is 2. The third kappa shape index (κ3) is 4.79. The van der Waals surface area contributed by atoms with Crippen molar-refractivity contribution in [1.82, 2.24) is 0 Å².